The van der Waals surface area contributed by atoms with Crippen LogP contribution in [-0.2, 0) is 4.79 Å². The molecule has 0 fully saturated rings. The number of amides is 1. The fraction of sp³-hybridized carbons (Fsp3) is 0.385. The molecule has 4 heteroatoms. The number of nitrogens with one attached hydrogen (secondary N) is 1. The molecule has 1 N–H and O–H groups in total. The number of rotatable bonds is 1. The van der Waals surface area contributed by atoms with E-state index < -0.39 is 0 Å². The van der Waals surface area contributed by atoms with Gasteiger partial charge in [0, 0.05) is 25.7 Å². The van der Waals surface area contributed by atoms with Crippen molar-refractivity contribution in [1.82, 2.24) is 5.32 Å². The van der Waals surface area contributed by atoms with Gasteiger partial charge in [0.2, 0.25) is 11.9 Å². The van der Waals surface area contributed by atoms with Crippen LogP contribution in [0.2, 0.25) is 0 Å². The first-order valence-corrected chi connectivity index (χ1v) is 5.83. The minimum Gasteiger partial charge on any atom is -0.312 e. The van der Waals surface area contributed by atoms with E-state index in [1.807, 2.05) is 4.90 Å². The summed E-state index contributed by atoms with van der Waals surface area (Å²) in [6.45, 7) is 5.23. The Morgan fingerprint density at radius 3 is 2.71 bits per heavy atom. The summed E-state index contributed by atoms with van der Waals surface area (Å²) >= 11 is 0. The zero-order valence-electron chi connectivity index (χ0n) is 10.2. The van der Waals surface area contributed by atoms with Crippen LogP contribution in [0.3, 0.4) is 0 Å². The third kappa shape index (κ3) is 2.84. The number of aliphatic imine (C=N–C) groups is 1. The molecular formula is C13H17N3O. The highest BCUT2D eigenvalue weighted by Crippen LogP contribution is 2.17. The lowest BCUT2D eigenvalue weighted by Gasteiger charge is -2.29. The second-order valence-electron chi connectivity index (χ2n) is 4.23. The van der Waals surface area contributed by atoms with Gasteiger partial charge in [-0.05, 0) is 25.5 Å². The van der Waals surface area contributed by atoms with Crippen molar-refractivity contribution in [3.63, 3.8) is 0 Å². The van der Waals surface area contributed by atoms with Crippen LogP contribution in [-0.4, -0.2) is 25.0 Å². The van der Waals surface area contributed by atoms with E-state index >= 15 is 0 Å². The average molecular weight is 231 g/mol. The van der Waals surface area contributed by atoms with E-state index in [9.17, 15) is 4.79 Å². The molecule has 90 valence electrons. The fourth-order valence-corrected chi connectivity index (χ4v) is 1.85. The van der Waals surface area contributed by atoms with E-state index in [2.05, 4.69) is 41.5 Å². The number of aryl methyl sites for hydroxylation is 1. The van der Waals surface area contributed by atoms with Gasteiger partial charge in [-0.1, -0.05) is 17.7 Å². The third-order valence-electron chi connectivity index (χ3n) is 2.69. The van der Waals surface area contributed by atoms with Gasteiger partial charge in [0.25, 0.3) is 0 Å². The molecule has 4 nitrogen and oxygen atoms in total. The summed E-state index contributed by atoms with van der Waals surface area (Å²) in [5.41, 5.74) is 2.30. The van der Waals surface area contributed by atoms with Crippen LogP contribution in [0.25, 0.3) is 0 Å². The smallest absolute Gasteiger partial charge is 0.223 e. The molecule has 0 spiro atoms. The van der Waals surface area contributed by atoms with Crippen LogP contribution >= 0.6 is 0 Å². The first kappa shape index (κ1) is 11.6. The molecule has 1 aromatic carbocycles. The molecule has 17 heavy (non-hydrogen) atoms. The van der Waals surface area contributed by atoms with Crippen molar-refractivity contribution >= 4 is 17.6 Å². The summed E-state index contributed by atoms with van der Waals surface area (Å²) in [5, 5.41) is 2.78. The van der Waals surface area contributed by atoms with Crippen molar-refractivity contribution < 1.29 is 4.79 Å². The van der Waals surface area contributed by atoms with E-state index in [1.54, 1.807) is 0 Å². The Kier molecular flexibility index (Phi) is 3.42. The molecule has 1 aliphatic rings. The van der Waals surface area contributed by atoms with Crippen LogP contribution in [0.4, 0.5) is 5.69 Å². The van der Waals surface area contributed by atoms with Crippen LogP contribution < -0.4 is 10.2 Å². The molecule has 0 aliphatic carbocycles. The minimum atomic E-state index is -0.0808. The largest absolute Gasteiger partial charge is 0.312 e. The molecule has 0 aromatic heterocycles. The molecule has 0 saturated carbocycles. The van der Waals surface area contributed by atoms with Gasteiger partial charge < -0.3 is 4.90 Å². The molecule has 0 unspecified atom stereocenters. The maximum atomic E-state index is 11.1. The number of benzene rings is 1. The summed E-state index contributed by atoms with van der Waals surface area (Å²) in [4.78, 5) is 17.5. The van der Waals surface area contributed by atoms with Crippen LogP contribution in [0.5, 0.6) is 0 Å². The Balaban J connectivity index is 2.23. The highest BCUT2D eigenvalue weighted by atomic mass is 16.1. The first-order valence-electron chi connectivity index (χ1n) is 5.83. The van der Waals surface area contributed by atoms with Gasteiger partial charge >= 0.3 is 0 Å². The zero-order valence-corrected chi connectivity index (χ0v) is 10.2. The topological polar surface area (TPSA) is 44.7 Å². The van der Waals surface area contributed by atoms with E-state index in [4.69, 9.17) is 0 Å². The van der Waals surface area contributed by atoms with Crippen LogP contribution in [0.1, 0.15) is 18.9 Å². The van der Waals surface area contributed by atoms with Crippen molar-refractivity contribution in [2.75, 3.05) is 18.0 Å². The number of hydrogen-bond donors (Lipinski definition) is 1. The molecule has 2 rings (SSSR count). The monoisotopic (exact) mass is 231 g/mol. The average Bonchev–Trinajstić information content (AvgIpc) is 2.30. The fourth-order valence-electron chi connectivity index (χ4n) is 1.85. The normalized spacial score (nSPS) is 15.4. The van der Waals surface area contributed by atoms with E-state index in [1.165, 1.54) is 12.5 Å². The highest BCUT2D eigenvalue weighted by molar-refractivity contribution is 6.05. The van der Waals surface area contributed by atoms with E-state index in [0.717, 1.165) is 25.2 Å². The van der Waals surface area contributed by atoms with Gasteiger partial charge in [0.1, 0.15) is 0 Å². The Morgan fingerprint density at radius 1 is 1.35 bits per heavy atom. The third-order valence-corrected chi connectivity index (χ3v) is 2.69. The van der Waals surface area contributed by atoms with Crippen LogP contribution in [0, 0.1) is 6.92 Å². The maximum absolute atomic E-state index is 11.1. The predicted molar refractivity (Wildman–Crippen MR) is 69.3 cm³/mol. The first-order chi connectivity index (χ1) is 8.16. The highest BCUT2D eigenvalue weighted by Gasteiger charge is 2.17. The number of guanidine groups is 1. The number of nitrogens with zero attached hydrogens (tertiary/aromatic N) is 2. The van der Waals surface area contributed by atoms with Crippen molar-refractivity contribution in [2.24, 2.45) is 4.99 Å². The van der Waals surface area contributed by atoms with E-state index in [-0.39, 0.29) is 5.91 Å². The van der Waals surface area contributed by atoms with Gasteiger partial charge in [-0.2, -0.15) is 0 Å². The van der Waals surface area contributed by atoms with Gasteiger partial charge in [-0.15, -0.1) is 0 Å². The molecule has 0 atom stereocenters. The van der Waals surface area contributed by atoms with Crippen molar-refractivity contribution in [2.45, 2.75) is 20.3 Å². The summed E-state index contributed by atoms with van der Waals surface area (Å²) in [6, 6.07) is 8.24. The summed E-state index contributed by atoms with van der Waals surface area (Å²) in [7, 11) is 0. The number of hydrogen-bond acceptors (Lipinski definition) is 3. The summed E-state index contributed by atoms with van der Waals surface area (Å²) in [5.74, 6) is 0.579. The quantitative estimate of drug-likeness (QED) is 0.799. The van der Waals surface area contributed by atoms with Gasteiger partial charge in [0.15, 0.2) is 0 Å². The Morgan fingerprint density at radius 2 is 2.06 bits per heavy atom. The summed E-state index contributed by atoms with van der Waals surface area (Å²) in [6.07, 6.45) is 1.01. The molecule has 1 heterocycles. The maximum Gasteiger partial charge on any atom is 0.223 e. The molecule has 1 amide bonds. The molecular weight excluding hydrogens is 214 g/mol. The van der Waals surface area contributed by atoms with Crippen molar-refractivity contribution in [3.8, 4) is 0 Å². The predicted octanol–water partition coefficient (Wildman–Crippen LogP) is 1.70. The Bertz CT molecular complexity index is 436. The lowest BCUT2D eigenvalue weighted by molar-refractivity contribution is -0.117. The zero-order chi connectivity index (χ0) is 12.3. The van der Waals surface area contributed by atoms with Crippen LogP contribution in [0.15, 0.2) is 29.3 Å². The SMILES string of the molecule is CC(=O)NC1=NCCCN1c1ccc(C)cc1. The summed E-state index contributed by atoms with van der Waals surface area (Å²) < 4.78 is 0. The Labute approximate surface area is 101 Å². The molecule has 1 aliphatic heterocycles. The van der Waals surface area contributed by atoms with Crippen molar-refractivity contribution in [1.29, 1.82) is 0 Å². The lowest BCUT2D eigenvalue weighted by atomic mass is 10.2. The molecule has 0 bridgehead atoms. The van der Waals surface area contributed by atoms with Gasteiger partial charge in [-0.3, -0.25) is 15.1 Å². The standard InChI is InChI=1S/C13H17N3O/c1-10-4-6-12(7-5-10)16-9-3-8-14-13(16)15-11(2)17/h4-7H,3,8-9H2,1-2H3,(H,14,15,17). The minimum absolute atomic E-state index is 0.0808. The number of carbonyl (C=O) groups excluding carboxylic acids is 1. The van der Waals surface area contributed by atoms with Crippen molar-refractivity contribution in [3.05, 3.63) is 29.8 Å². The second-order valence-corrected chi connectivity index (χ2v) is 4.23. The molecule has 0 saturated heterocycles. The lowest BCUT2D eigenvalue weighted by Crippen LogP contribution is -2.46. The Hall–Kier alpha value is -1.84. The van der Waals surface area contributed by atoms with Gasteiger partial charge in [-0.25, -0.2) is 0 Å². The molecule has 1 aromatic rings. The molecule has 0 radical (unpaired) electrons. The number of anilines is 1. The second kappa shape index (κ2) is 4.99. The number of carbonyl (C=O) groups is 1. The van der Waals surface area contributed by atoms with Gasteiger partial charge in [0.05, 0.1) is 0 Å². The van der Waals surface area contributed by atoms with E-state index in [0.29, 0.717) is 5.96 Å².